The van der Waals surface area contributed by atoms with Crippen molar-refractivity contribution < 1.29 is 19.4 Å². The molecular formula is C43H78N2O4. The molecule has 0 amide bonds. The zero-order chi connectivity index (χ0) is 35.5. The monoisotopic (exact) mass is 687 g/mol. The number of hydrogen-bond donors (Lipinski definition) is 1. The molecule has 0 fully saturated rings. The minimum absolute atomic E-state index is 0.000303. The Labute approximate surface area is 303 Å². The maximum absolute atomic E-state index is 13.2. The van der Waals surface area contributed by atoms with Gasteiger partial charge in [-0.25, -0.2) is 0 Å². The van der Waals surface area contributed by atoms with Crippen molar-refractivity contribution in [1.82, 2.24) is 9.80 Å². The third-order valence-corrected chi connectivity index (χ3v) is 9.66. The summed E-state index contributed by atoms with van der Waals surface area (Å²) < 4.78 is 5.53. The summed E-state index contributed by atoms with van der Waals surface area (Å²) in [6.45, 7) is 5.71. The van der Waals surface area contributed by atoms with E-state index in [4.69, 9.17) is 4.74 Å². The molecule has 49 heavy (non-hydrogen) atoms. The number of rotatable bonds is 36. The third kappa shape index (κ3) is 26.4. The second kappa shape index (κ2) is 34.4. The van der Waals surface area contributed by atoms with E-state index in [0.717, 1.165) is 44.9 Å². The summed E-state index contributed by atoms with van der Waals surface area (Å²) in [6, 6.07) is 0. The van der Waals surface area contributed by atoms with Crippen LogP contribution in [0.2, 0.25) is 0 Å². The maximum atomic E-state index is 13.2. The first kappa shape index (κ1) is 44.9. The standard InChI is InChI=1S/C43H78N2O4/c1-3-5-7-9-11-13-15-17-19-21-23-25-27-29-31-33-41(47)43-44(37-39-46)35-36-45(43)38-40-49-42(48)34-32-30-28-26-24-22-20-18-16-14-12-10-8-6-4-2/h17-20,35-36,43,46H,3-16,21-34,37-40H2,1-2H3/b19-17-,20-18-. The molecule has 1 unspecified atom stereocenters. The Hall–Kier alpha value is -2.08. The van der Waals surface area contributed by atoms with Gasteiger partial charge >= 0.3 is 5.97 Å². The highest BCUT2D eigenvalue weighted by Gasteiger charge is 2.31. The summed E-state index contributed by atoms with van der Waals surface area (Å²) in [5.41, 5.74) is 0. The fourth-order valence-electron chi connectivity index (χ4n) is 6.58. The van der Waals surface area contributed by atoms with Crippen LogP contribution < -0.4 is 0 Å². The Morgan fingerprint density at radius 3 is 1.39 bits per heavy atom. The highest BCUT2D eigenvalue weighted by molar-refractivity contribution is 5.84. The molecule has 0 aromatic carbocycles. The van der Waals surface area contributed by atoms with Gasteiger partial charge in [0.25, 0.3) is 0 Å². The van der Waals surface area contributed by atoms with Gasteiger partial charge < -0.3 is 19.6 Å². The topological polar surface area (TPSA) is 70.1 Å². The number of aliphatic hydroxyl groups excluding tert-OH is 1. The highest BCUT2D eigenvalue weighted by Crippen LogP contribution is 2.20. The molecule has 0 aromatic heterocycles. The minimum atomic E-state index is -0.409. The van der Waals surface area contributed by atoms with Gasteiger partial charge in [0.1, 0.15) is 6.61 Å². The largest absolute Gasteiger partial charge is 0.464 e. The Morgan fingerprint density at radius 2 is 0.939 bits per heavy atom. The first-order chi connectivity index (χ1) is 24.1. The maximum Gasteiger partial charge on any atom is 0.305 e. The number of hydrogen-bond acceptors (Lipinski definition) is 6. The van der Waals surface area contributed by atoms with Crippen LogP contribution in [0.15, 0.2) is 36.7 Å². The van der Waals surface area contributed by atoms with E-state index in [0.29, 0.717) is 25.9 Å². The Kier molecular flexibility index (Phi) is 31.5. The van der Waals surface area contributed by atoms with E-state index in [2.05, 4.69) is 38.2 Å². The first-order valence-electron chi connectivity index (χ1n) is 20.9. The van der Waals surface area contributed by atoms with Gasteiger partial charge in [0, 0.05) is 31.8 Å². The predicted octanol–water partition coefficient (Wildman–Crippen LogP) is 11.6. The molecule has 1 aliphatic rings. The lowest BCUT2D eigenvalue weighted by Crippen LogP contribution is -2.46. The van der Waals surface area contributed by atoms with Crippen LogP contribution in [-0.4, -0.2) is 59.1 Å². The van der Waals surface area contributed by atoms with Gasteiger partial charge in [-0.2, -0.15) is 0 Å². The van der Waals surface area contributed by atoms with Gasteiger partial charge in [-0.15, -0.1) is 0 Å². The number of ketones is 1. The number of carbonyl (C=O) groups excluding carboxylic acids is 2. The van der Waals surface area contributed by atoms with Crippen LogP contribution >= 0.6 is 0 Å². The number of carbonyl (C=O) groups is 2. The van der Waals surface area contributed by atoms with Crippen molar-refractivity contribution in [1.29, 1.82) is 0 Å². The van der Waals surface area contributed by atoms with E-state index < -0.39 is 6.17 Å². The van der Waals surface area contributed by atoms with Crippen LogP contribution in [0.1, 0.15) is 194 Å². The summed E-state index contributed by atoms with van der Waals surface area (Å²) in [6.07, 6.45) is 46.0. The zero-order valence-electron chi connectivity index (χ0n) is 32.2. The molecule has 6 nitrogen and oxygen atoms in total. The van der Waals surface area contributed by atoms with Gasteiger partial charge in [-0.1, -0.05) is 141 Å². The summed E-state index contributed by atoms with van der Waals surface area (Å²) in [5.74, 6) is 0.0277. The normalized spacial score (nSPS) is 14.6. The second-order valence-corrected chi connectivity index (χ2v) is 14.2. The van der Waals surface area contributed by atoms with Gasteiger partial charge in [0.2, 0.25) is 0 Å². The molecule has 0 aliphatic carbocycles. The number of β-amino-alcohol motifs (C(OH)–C–C–N with tert-alkyl or cyclic N) is 1. The molecule has 0 saturated heterocycles. The summed E-state index contributed by atoms with van der Waals surface area (Å²) >= 11 is 0. The van der Waals surface area contributed by atoms with Crippen molar-refractivity contribution in [3.63, 3.8) is 0 Å². The summed E-state index contributed by atoms with van der Waals surface area (Å²) in [4.78, 5) is 29.4. The van der Waals surface area contributed by atoms with Crippen molar-refractivity contribution >= 4 is 11.8 Å². The minimum Gasteiger partial charge on any atom is -0.464 e. The van der Waals surface area contributed by atoms with Gasteiger partial charge in [-0.3, -0.25) is 9.59 Å². The van der Waals surface area contributed by atoms with Crippen molar-refractivity contribution in [3.8, 4) is 0 Å². The Bertz CT molecular complexity index is 855. The number of ether oxygens (including phenoxy) is 1. The smallest absolute Gasteiger partial charge is 0.305 e. The average molecular weight is 687 g/mol. The Morgan fingerprint density at radius 1 is 0.551 bits per heavy atom. The molecule has 284 valence electrons. The summed E-state index contributed by atoms with van der Waals surface area (Å²) in [5, 5.41) is 9.53. The van der Waals surface area contributed by atoms with E-state index in [1.807, 2.05) is 22.2 Å². The van der Waals surface area contributed by atoms with E-state index in [9.17, 15) is 14.7 Å². The first-order valence-corrected chi connectivity index (χ1v) is 20.9. The fourth-order valence-corrected chi connectivity index (χ4v) is 6.58. The number of esters is 1. The molecule has 1 atom stereocenters. The molecule has 1 heterocycles. The molecular weight excluding hydrogens is 608 g/mol. The zero-order valence-corrected chi connectivity index (χ0v) is 32.2. The predicted molar refractivity (Wildman–Crippen MR) is 208 cm³/mol. The Balaban J connectivity index is 2.10. The van der Waals surface area contributed by atoms with Crippen molar-refractivity contribution in [3.05, 3.63) is 36.7 Å². The van der Waals surface area contributed by atoms with Crippen LogP contribution in [0.4, 0.5) is 0 Å². The highest BCUT2D eigenvalue weighted by atomic mass is 16.5. The second-order valence-electron chi connectivity index (χ2n) is 14.2. The van der Waals surface area contributed by atoms with E-state index in [1.54, 1.807) is 0 Å². The number of allylic oxidation sites excluding steroid dienone is 4. The van der Waals surface area contributed by atoms with Crippen LogP contribution in [0, 0.1) is 0 Å². The third-order valence-electron chi connectivity index (χ3n) is 9.66. The van der Waals surface area contributed by atoms with Crippen molar-refractivity contribution in [2.45, 2.75) is 200 Å². The molecule has 0 radical (unpaired) electrons. The summed E-state index contributed by atoms with van der Waals surface area (Å²) in [7, 11) is 0. The van der Waals surface area contributed by atoms with Crippen LogP contribution in [0.3, 0.4) is 0 Å². The number of unbranched alkanes of at least 4 members (excludes halogenated alkanes) is 22. The quantitative estimate of drug-likeness (QED) is 0.0402. The fraction of sp³-hybridized carbons (Fsp3) is 0.814. The average Bonchev–Trinajstić information content (AvgIpc) is 3.50. The van der Waals surface area contributed by atoms with Crippen LogP contribution in [-0.2, 0) is 14.3 Å². The van der Waals surface area contributed by atoms with Gasteiger partial charge in [0.15, 0.2) is 11.9 Å². The van der Waals surface area contributed by atoms with Crippen molar-refractivity contribution in [2.24, 2.45) is 0 Å². The number of Topliss-reactive ketones (excluding diaryl/α,β-unsaturated/α-hetero) is 1. The van der Waals surface area contributed by atoms with Crippen LogP contribution in [0.5, 0.6) is 0 Å². The molecule has 1 rings (SSSR count). The van der Waals surface area contributed by atoms with E-state index >= 15 is 0 Å². The molecule has 0 aromatic rings. The van der Waals surface area contributed by atoms with Gasteiger partial charge in [0.05, 0.1) is 13.2 Å². The van der Waals surface area contributed by atoms with E-state index in [1.165, 1.54) is 122 Å². The molecule has 6 heteroatoms. The number of aliphatic hydroxyl groups is 1. The van der Waals surface area contributed by atoms with Crippen LogP contribution in [0.25, 0.3) is 0 Å². The molecule has 0 spiro atoms. The molecule has 1 aliphatic heterocycles. The van der Waals surface area contributed by atoms with E-state index in [-0.39, 0.29) is 25.0 Å². The molecule has 0 saturated carbocycles. The lowest BCUT2D eigenvalue weighted by Gasteiger charge is -2.31. The number of nitrogens with zero attached hydrogens (tertiary/aromatic N) is 2. The molecule has 1 N–H and O–H groups in total. The lowest BCUT2D eigenvalue weighted by molar-refractivity contribution is -0.144. The SMILES string of the molecule is CCCCCCCC/C=C\CCCCCCCC(=O)OCCN1C=CN(CCO)C1C(=O)CCCCCCC/C=C\CCCCCCCC. The van der Waals surface area contributed by atoms with Crippen molar-refractivity contribution in [2.75, 3.05) is 26.3 Å². The molecule has 0 bridgehead atoms. The lowest BCUT2D eigenvalue weighted by atomic mass is 10.1. The van der Waals surface area contributed by atoms with Gasteiger partial charge in [-0.05, 0) is 64.2 Å².